The Balaban J connectivity index is 1.28. The Morgan fingerprint density at radius 2 is 1.72 bits per heavy atom. The number of aryl methyl sites for hydroxylation is 1. The van der Waals surface area contributed by atoms with Crippen LogP contribution in [0.15, 0.2) is 78.0 Å². The molecule has 190 valence electrons. The molecule has 2 bridgehead atoms. The second kappa shape index (κ2) is 11.2. The number of nitrogens with zero attached hydrogens (tertiary/aromatic N) is 1. The van der Waals surface area contributed by atoms with Crippen LogP contribution in [0.3, 0.4) is 0 Å². The average Bonchev–Trinajstić information content (AvgIpc) is 3.53. The van der Waals surface area contributed by atoms with Crippen molar-refractivity contribution in [3.8, 4) is 11.1 Å². The first-order valence-electron chi connectivity index (χ1n) is 13.4. The Morgan fingerprint density at radius 3 is 2.50 bits per heavy atom. The Morgan fingerprint density at radius 1 is 0.917 bits per heavy atom. The first-order valence-corrected chi connectivity index (χ1v) is 14.9. The van der Waals surface area contributed by atoms with Gasteiger partial charge in [-0.15, -0.1) is 0 Å². The van der Waals surface area contributed by atoms with Gasteiger partial charge in [0.05, 0.1) is 10.1 Å². The summed E-state index contributed by atoms with van der Waals surface area (Å²) in [7, 11) is -3.45. The van der Waals surface area contributed by atoms with Gasteiger partial charge < -0.3 is 10.6 Å². The molecular formula is C30H37N3O2S. The number of unbranched alkanes of at least 4 members (excludes halogenated alkanes) is 3. The predicted molar refractivity (Wildman–Crippen MR) is 146 cm³/mol. The maximum atomic E-state index is 13.8. The molecular weight excluding hydrogens is 466 g/mol. The van der Waals surface area contributed by atoms with E-state index in [-0.39, 0.29) is 18.1 Å². The second-order valence-corrected chi connectivity index (χ2v) is 12.4. The van der Waals surface area contributed by atoms with Crippen molar-refractivity contribution in [1.29, 1.82) is 0 Å². The molecule has 3 heterocycles. The van der Waals surface area contributed by atoms with Crippen LogP contribution in [0, 0.1) is 0 Å². The zero-order valence-electron chi connectivity index (χ0n) is 21.1. The van der Waals surface area contributed by atoms with Crippen molar-refractivity contribution in [2.45, 2.75) is 86.7 Å². The molecule has 2 fully saturated rings. The van der Waals surface area contributed by atoms with Crippen molar-refractivity contribution < 1.29 is 8.42 Å². The molecule has 5 rings (SSSR count). The van der Waals surface area contributed by atoms with Gasteiger partial charge in [0.2, 0.25) is 0 Å². The fourth-order valence-electron chi connectivity index (χ4n) is 5.88. The van der Waals surface area contributed by atoms with Gasteiger partial charge in [-0.05, 0) is 72.2 Å². The highest BCUT2D eigenvalue weighted by molar-refractivity contribution is 7.92. The van der Waals surface area contributed by atoms with Gasteiger partial charge in [0.25, 0.3) is 0 Å². The van der Waals surface area contributed by atoms with Gasteiger partial charge in [-0.1, -0.05) is 62.6 Å². The summed E-state index contributed by atoms with van der Waals surface area (Å²) in [5, 5.41) is 6.76. The number of nitrogens with one attached hydrogen (secondary N) is 2. The number of benzene rings is 2. The third-order valence-corrected chi connectivity index (χ3v) is 10.1. The van der Waals surface area contributed by atoms with Gasteiger partial charge in [0.1, 0.15) is 0 Å². The van der Waals surface area contributed by atoms with Crippen LogP contribution < -0.4 is 10.6 Å². The van der Waals surface area contributed by atoms with E-state index in [1.807, 2.05) is 36.5 Å². The van der Waals surface area contributed by atoms with Crippen LogP contribution in [-0.4, -0.2) is 36.8 Å². The van der Waals surface area contributed by atoms with Gasteiger partial charge in [-0.3, -0.25) is 4.98 Å². The van der Waals surface area contributed by atoms with Crippen LogP contribution in [0.2, 0.25) is 0 Å². The van der Waals surface area contributed by atoms with Gasteiger partial charge in [-0.25, -0.2) is 8.42 Å². The van der Waals surface area contributed by atoms with Crippen LogP contribution in [-0.2, 0) is 22.8 Å². The van der Waals surface area contributed by atoms with E-state index in [1.165, 1.54) is 24.8 Å². The number of sulfone groups is 1. The molecule has 3 aromatic rings. The quantitative estimate of drug-likeness (QED) is 0.347. The summed E-state index contributed by atoms with van der Waals surface area (Å²) in [4.78, 5) is 4.68. The highest BCUT2D eigenvalue weighted by atomic mass is 32.2. The van der Waals surface area contributed by atoms with Crippen LogP contribution in [0.1, 0.15) is 56.6 Å². The molecule has 4 atom stereocenters. The first kappa shape index (κ1) is 25.1. The molecule has 2 N–H and O–H groups in total. The molecule has 2 aliphatic heterocycles. The molecule has 36 heavy (non-hydrogen) atoms. The number of aromatic nitrogens is 1. The van der Waals surface area contributed by atoms with E-state index in [9.17, 15) is 8.42 Å². The van der Waals surface area contributed by atoms with Gasteiger partial charge >= 0.3 is 0 Å². The van der Waals surface area contributed by atoms with Crippen LogP contribution in [0.4, 0.5) is 0 Å². The Hall–Kier alpha value is -2.54. The van der Waals surface area contributed by atoms with Crippen LogP contribution >= 0.6 is 0 Å². The summed E-state index contributed by atoms with van der Waals surface area (Å²) in [6.07, 6.45) is 11.4. The fraction of sp³-hybridized carbons (Fsp3) is 0.433. The summed E-state index contributed by atoms with van der Waals surface area (Å²) in [5.41, 5.74) is 4.56. The highest BCUT2D eigenvalue weighted by Gasteiger charge is 2.53. The topological polar surface area (TPSA) is 71.1 Å². The molecule has 0 spiro atoms. The lowest BCUT2D eigenvalue weighted by Gasteiger charge is -2.30. The average molecular weight is 504 g/mol. The van der Waals surface area contributed by atoms with E-state index in [2.05, 4.69) is 52.9 Å². The molecule has 6 heteroatoms. The minimum absolute atomic E-state index is 0.00736. The van der Waals surface area contributed by atoms with E-state index in [0.29, 0.717) is 11.4 Å². The standard InChI is InChI=1S/C30H37N3O2S/c1-2-3-4-5-8-22-12-14-26(15-13-22)36(34,35)30-28-17-16-27(33-28)29(30)32-20-23-9-6-10-24(19-23)25-11-7-18-31-21-25/h6-7,9-15,18-19,21,27-30,32-33H,2-5,8,16-17,20H2,1H3/t27-,28+,29-,30-/m1/s1. The lowest BCUT2D eigenvalue weighted by molar-refractivity contribution is 0.409. The maximum absolute atomic E-state index is 13.8. The predicted octanol–water partition coefficient (Wildman–Crippen LogP) is 5.31. The molecule has 2 aromatic carbocycles. The molecule has 0 unspecified atom stereocenters. The zero-order valence-corrected chi connectivity index (χ0v) is 21.9. The van der Waals surface area contributed by atoms with Crippen molar-refractivity contribution in [3.63, 3.8) is 0 Å². The monoisotopic (exact) mass is 503 g/mol. The number of fused-ring (bicyclic) bond motifs is 2. The summed E-state index contributed by atoms with van der Waals surface area (Å²) >= 11 is 0. The fourth-order valence-corrected chi connectivity index (χ4v) is 8.03. The van der Waals surface area contributed by atoms with E-state index in [4.69, 9.17) is 0 Å². The molecule has 0 aliphatic carbocycles. The largest absolute Gasteiger partial charge is 0.308 e. The van der Waals surface area contributed by atoms with Gasteiger partial charge in [0.15, 0.2) is 9.84 Å². The number of rotatable bonds is 11. The van der Waals surface area contributed by atoms with Crippen molar-refractivity contribution >= 4 is 9.84 Å². The highest BCUT2D eigenvalue weighted by Crippen LogP contribution is 2.36. The van der Waals surface area contributed by atoms with Crippen molar-refractivity contribution in [2.75, 3.05) is 0 Å². The first-order chi connectivity index (χ1) is 17.6. The van der Waals surface area contributed by atoms with E-state index in [1.54, 1.807) is 6.20 Å². The van der Waals surface area contributed by atoms with E-state index < -0.39 is 15.1 Å². The van der Waals surface area contributed by atoms with E-state index in [0.717, 1.165) is 42.4 Å². The summed E-state index contributed by atoms with van der Waals surface area (Å²) in [6.45, 7) is 2.85. The van der Waals surface area contributed by atoms with Gasteiger partial charge in [0, 0.05) is 37.1 Å². The molecule has 0 amide bonds. The lowest BCUT2D eigenvalue weighted by atomic mass is 9.94. The lowest BCUT2D eigenvalue weighted by Crippen LogP contribution is -2.50. The molecule has 2 aliphatic rings. The molecule has 1 aromatic heterocycles. The van der Waals surface area contributed by atoms with Crippen LogP contribution in [0.5, 0.6) is 0 Å². The van der Waals surface area contributed by atoms with Gasteiger partial charge in [-0.2, -0.15) is 0 Å². The second-order valence-electron chi connectivity index (χ2n) is 10.3. The summed E-state index contributed by atoms with van der Waals surface area (Å²) in [6, 6.07) is 20.1. The Bertz CT molecular complexity index is 1240. The Kier molecular flexibility index (Phi) is 7.85. The third kappa shape index (κ3) is 5.41. The Labute approximate surface area is 215 Å². The minimum atomic E-state index is -3.45. The summed E-state index contributed by atoms with van der Waals surface area (Å²) in [5.74, 6) is 0. The molecule has 5 nitrogen and oxygen atoms in total. The van der Waals surface area contributed by atoms with Crippen molar-refractivity contribution in [3.05, 3.63) is 84.2 Å². The zero-order chi connectivity index (χ0) is 25.0. The number of hydrogen-bond donors (Lipinski definition) is 2. The van der Waals surface area contributed by atoms with Crippen LogP contribution in [0.25, 0.3) is 11.1 Å². The third-order valence-electron chi connectivity index (χ3n) is 7.79. The SMILES string of the molecule is CCCCCCc1ccc(S(=O)(=O)[C@H]2[C@H](NCc3cccc(-c4cccnc4)c3)[C@H]3CC[C@@H]2N3)cc1. The van der Waals surface area contributed by atoms with E-state index >= 15 is 0 Å². The molecule has 0 saturated carbocycles. The molecule has 2 saturated heterocycles. The van der Waals surface area contributed by atoms with Crippen molar-refractivity contribution in [1.82, 2.24) is 15.6 Å². The minimum Gasteiger partial charge on any atom is -0.308 e. The number of hydrogen-bond acceptors (Lipinski definition) is 5. The smallest absolute Gasteiger partial charge is 0.184 e. The normalized spacial score (nSPS) is 23.2. The summed E-state index contributed by atoms with van der Waals surface area (Å²) < 4.78 is 27.6. The van der Waals surface area contributed by atoms with Crippen molar-refractivity contribution in [2.24, 2.45) is 0 Å². The number of pyridine rings is 1. The molecule has 0 radical (unpaired) electrons. The maximum Gasteiger partial charge on any atom is 0.184 e.